The van der Waals surface area contributed by atoms with Crippen molar-refractivity contribution < 1.29 is 4.42 Å². The zero-order valence-electron chi connectivity index (χ0n) is 31.9. The van der Waals surface area contributed by atoms with E-state index in [4.69, 9.17) is 4.42 Å². The molecule has 2 nitrogen and oxygen atoms in total. The van der Waals surface area contributed by atoms with Gasteiger partial charge in [-0.15, -0.1) is 0 Å². The molecular formula is C55H39NO. The number of hydrogen-bond acceptors (Lipinski definition) is 2. The minimum Gasteiger partial charge on any atom is -0.455 e. The Morgan fingerprint density at radius 2 is 0.982 bits per heavy atom. The highest BCUT2D eigenvalue weighted by atomic mass is 16.3. The fourth-order valence-electron chi connectivity index (χ4n) is 9.35. The van der Waals surface area contributed by atoms with Crippen molar-refractivity contribution in [2.75, 3.05) is 4.90 Å². The van der Waals surface area contributed by atoms with Crippen molar-refractivity contribution >= 4 is 49.8 Å². The summed E-state index contributed by atoms with van der Waals surface area (Å²) in [6.07, 6.45) is 0. The molecule has 10 aromatic rings. The van der Waals surface area contributed by atoms with Crippen LogP contribution < -0.4 is 4.90 Å². The normalized spacial score (nSPS) is 12.9. The maximum Gasteiger partial charge on any atom is 0.144 e. The molecule has 1 aliphatic carbocycles. The molecule has 0 saturated heterocycles. The first-order valence-corrected chi connectivity index (χ1v) is 19.8. The van der Waals surface area contributed by atoms with E-state index in [9.17, 15) is 0 Å². The van der Waals surface area contributed by atoms with Gasteiger partial charge in [0, 0.05) is 43.8 Å². The molecule has 270 valence electrons. The number of fused-ring (bicyclic) bond motifs is 8. The van der Waals surface area contributed by atoms with Gasteiger partial charge in [-0.25, -0.2) is 0 Å². The van der Waals surface area contributed by atoms with Gasteiger partial charge in [0.05, 0.1) is 11.4 Å². The molecule has 0 radical (unpaired) electrons. The molecule has 11 rings (SSSR count). The van der Waals surface area contributed by atoms with Crippen LogP contribution in [0.3, 0.4) is 0 Å². The molecule has 0 atom stereocenters. The summed E-state index contributed by atoms with van der Waals surface area (Å²) in [5.41, 5.74) is 17.3. The Balaban J connectivity index is 1.25. The van der Waals surface area contributed by atoms with Crippen LogP contribution in [0.1, 0.15) is 25.0 Å². The van der Waals surface area contributed by atoms with E-state index < -0.39 is 0 Å². The minimum atomic E-state index is -0.171. The predicted octanol–water partition coefficient (Wildman–Crippen LogP) is 15.5. The Labute approximate surface area is 332 Å². The van der Waals surface area contributed by atoms with Gasteiger partial charge in [0.25, 0.3) is 0 Å². The number of anilines is 3. The fourth-order valence-corrected chi connectivity index (χ4v) is 9.35. The molecule has 1 aromatic heterocycles. The maximum absolute atomic E-state index is 6.82. The molecular weight excluding hydrogens is 691 g/mol. The van der Waals surface area contributed by atoms with Crippen molar-refractivity contribution in [3.05, 3.63) is 211 Å². The summed E-state index contributed by atoms with van der Waals surface area (Å²) in [4.78, 5) is 2.53. The third-order valence-electron chi connectivity index (χ3n) is 12.1. The van der Waals surface area contributed by atoms with E-state index in [0.29, 0.717) is 0 Å². The van der Waals surface area contributed by atoms with Crippen LogP contribution in [0.15, 0.2) is 205 Å². The van der Waals surface area contributed by atoms with Crippen LogP contribution in [-0.4, -0.2) is 0 Å². The molecule has 0 saturated carbocycles. The highest BCUT2D eigenvalue weighted by Crippen LogP contribution is 2.55. The Bertz CT molecular complexity index is 3140. The van der Waals surface area contributed by atoms with Crippen LogP contribution >= 0.6 is 0 Å². The third-order valence-corrected chi connectivity index (χ3v) is 12.1. The highest BCUT2D eigenvalue weighted by Gasteiger charge is 2.36. The first-order chi connectivity index (χ1) is 28.1. The van der Waals surface area contributed by atoms with E-state index in [-0.39, 0.29) is 5.41 Å². The summed E-state index contributed by atoms with van der Waals surface area (Å²) >= 11 is 0. The highest BCUT2D eigenvalue weighted by molar-refractivity contribution is 6.27. The van der Waals surface area contributed by atoms with Crippen molar-refractivity contribution in [2.24, 2.45) is 0 Å². The quantitative estimate of drug-likeness (QED) is 0.169. The SMILES string of the molecule is CC1(C)c2ccccc2-c2ccc(N(c3ccccc3-c3ccc(-c4ccccc4)cc3)c3c(-c4ccccc4)c4c5ccccc5oc4c4ccccc34)cc21. The lowest BCUT2D eigenvalue weighted by Gasteiger charge is -2.32. The predicted molar refractivity (Wildman–Crippen MR) is 240 cm³/mol. The van der Waals surface area contributed by atoms with Gasteiger partial charge in [-0.1, -0.05) is 190 Å². The fraction of sp³-hybridized carbons (Fsp3) is 0.0545. The molecule has 0 bridgehead atoms. The Kier molecular flexibility index (Phi) is 7.55. The zero-order valence-corrected chi connectivity index (χ0v) is 31.9. The molecule has 0 N–H and O–H groups in total. The average molecular weight is 730 g/mol. The standard InChI is InChI=1S/C55H39NO/c1-55(2)47-26-14-11-22-42(47)43-34-33-40(35-48(43)55)56(49-27-15-12-21-41(49)38-31-29-37(30-32-38)36-17-5-3-6-18-36)53-44-23-9-10-24-45(44)54-52(46-25-13-16-28-50(46)57-54)51(53)39-19-7-4-8-20-39/h3-35H,1-2H3. The Morgan fingerprint density at radius 1 is 0.421 bits per heavy atom. The zero-order chi connectivity index (χ0) is 38.1. The summed E-state index contributed by atoms with van der Waals surface area (Å²) in [6.45, 7) is 4.73. The molecule has 0 unspecified atom stereocenters. The molecule has 0 spiro atoms. The third kappa shape index (κ3) is 5.18. The Hall–Kier alpha value is -7.16. The molecule has 57 heavy (non-hydrogen) atoms. The van der Waals surface area contributed by atoms with Gasteiger partial charge in [-0.05, 0) is 68.8 Å². The Morgan fingerprint density at radius 3 is 1.75 bits per heavy atom. The van der Waals surface area contributed by atoms with Crippen molar-refractivity contribution in [3.63, 3.8) is 0 Å². The van der Waals surface area contributed by atoms with Gasteiger partial charge < -0.3 is 9.32 Å². The topological polar surface area (TPSA) is 16.4 Å². The number of para-hydroxylation sites is 2. The molecule has 0 amide bonds. The summed E-state index contributed by atoms with van der Waals surface area (Å²) < 4.78 is 6.82. The number of hydrogen-bond donors (Lipinski definition) is 0. The van der Waals surface area contributed by atoms with E-state index in [0.717, 1.165) is 72.0 Å². The summed E-state index contributed by atoms with van der Waals surface area (Å²) in [6, 6.07) is 72.6. The first kappa shape index (κ1) is 33.2. The second-order valence-corrected chi connectivity index (χ2v) is 15.6. The lowest BCUT2D eigenvalue weighted by atomic mass is 9.82. The van der Waals surface area contributed by atoms with Crippen LogP contribution in [0.4, 0.5) is 17.1 Å². The minimum absolute atomic E-state index is 0.171. The molecule has 9 aromatic carbocycles. The van der Waals surface area contributed by atoms with Crippen molar-refractivity contribution in [1.82, 2.24) is 0 Å². The maximum atomic E-state index is 6.82. The van der Waals surface area contributed by atoms with Gasteiger partial charge in [0.15, 0.2) is 0 Å². The van der Waals surface area contributed by atoms with Gasteiger partial charge >= 0.3 is 0 Å². The monoisotopic (exact) mass is 729 g/mol. The van der Waals surface area contributed by atoms with Gasteiger partial charge in [0.2, 0.25) is 0 Å². The second-order valence-electron chi connectivity index (χ2n) is 15.6. The number of furan rings is 1. The van der Waals surface area contributed by atoms with Crippen LogP contribution in [0.25, 0.3) is 77.2 Å². The van der Waals surface area contributed by atoms with Crippen LogP contribution in [0.5, 0.6) is 0 Å². The van der Waals surface area contributed by atoms with Crippen molar-refractivity contribution in [3.8, 4) is 44.5 Å². The van der Waals surface area contributed by atoms with Gasteiger partial charge in [-0.2, -0.15) is 0 Å². The second kappa shape index (κ2) is 13.0. The number of nitrogens with zero attached hydrogens (tertiary/aromatic N) is 1. The smallest absolute Gasteiger partial charge is 0.144 e. The summed E-state index contributed by atoms with van der Waals surface area (Å²) in [7, 11) is 0. The van der Waals surface area contributed by atoms with Crippen LogP contribution in [-0.2, 0) is 5.41 Å². The average Bonchev–Trinajstić information content (AvgIpc) is 3.77. The molecule has 2 heteroatoms. The van der Waals surface area contributed by atoms with E-state index in [1.54, 1.807) is 0 Å². The molecule has 0 aliphatic heterocycles. The first-order valence-electron chi connectivity index (χ1n) is 19.8. The van der Waals surface area contributed by atoms with Crippen LogP contribution in [0, 0.1) is 0 Å². The lowest BCUT2D eigenvalue weighted by Crippen LogP contribution is -2.17. The van der Waals surface area contributed by atoms with E-state index in [1.165, 1.54) is 33.4 Å². The lowest BCUT2D eigenvalue weighted by molar-refractivity contribution is 0.660. The molecule has 1 aliphatic rings. The van der Waals surface area contributed by atoms with Gasteiger partial charge in [-0.3, -0.25) is 0 Å². The largest absolute Gasteiger partial charge is 0.455 e. The van der Waals surface area contributed by atoms with E-state index >= 15 is 0 Å². The van der Waals surface area contributed by atoms with Gasteiger partial charge in [0.1, 0.15) is 11.2 Å². The van der Waals surface area contributed by atoms with Crippen molar-refractivity contribution in [1.29, 1.82) is 0 Å². The van der Waals surface area contributed by atoms with E-state index in [1.807, 2.05) is 0 Å². The summed E-state index contributed by atoms with van der Waals surface area (Å²) in [5.74, 6) is 0. The van der Waals surface area contributed by atoms with E-state index in [2.05, 4.69) is 219 Å². The summed E-state index contributed by atoms with van der Waals surface area (Å²) in [5, 5.41) is 4.44. The molecule has 0 fully saturated rings. The molecule has 1 heterocycles. The van der Waals surface area contributed by atoms with Crippen LogP contribution in [0.2, 0.25) is 0 Å². The number of benzene rings is 9. The van der Waals surface area contributed by atoms with Crippen molar-refractivity contribution in [2.45, 2.75) is 19.3 Å². The number of rotatable bonds is 6.